The van der Waals surface area contributed by atoms with Crippen LogP contribution in [0.2, 0.25) is 0 Å². The van der Waals surface area contributed by atoms with Crippen LogP contribution in [-0.2, 0) is 17.1 Å². The maximum absolute atomic E-state index is 11.9. The van der Waals surface area contributed by atoms with Crippen LogP contribution in [0, 0.1) is 0 Å². The van der Waals surface area contributed by atoms with Crippen molar-refractivity contribution in [2.45, 2.75) is 17.5 Å². The Morgan fingerprint density at radius 1 is 1.47 bits per heavy atom. The molecule has 1 heterocycles. The van der Waals surface area contributed by atoms with Crippen molar-refractivity contribution < 1.29 is 26.4 Å². The molecule has 0 saturated carbocycles. The summed E-state index contributed by atoms with van der Waals surface area (Å²) in [6.07, 6.45) is -4.42. The third-order valence-corrected chi connectivity index (χ3v) is 3.12. The molecule has 0 fully saturated rings. The first kappa shape index (κ1) is 15.5. The molecule has 0 aliphatic rings. The van der Waals surface area contributed by atoms with Crippen molar-refractivity contribution in [1.29, 1.82) is 0 Å². The van der Waals surface area contributed by atoms with Crippen molar-refractivity contribution in [2.75, 3.05) is 6.54 Å². The predicted octanol–water partition coefficient (Wildman–Crippen LogP) is 0.355. The lowest BCUT2D eigenvalue weighted by molar-refractivity contribution is -0.132. The molecule has 0 saturated heterocycles. The van der Waals surface area contributed by atoms with Gasteiger partial charge < -0.3 is 9.88 Å². The summed E-state index contributed by atoms with van der Waals surface area (Å²) < 4.78 is 59.0. The molecule has 0 radical (unpaired) electrons. The first-order valence-electron chi connectivity index (χ1n) is 5.05. The molecule has 0 atom stereocenters. The van der Waals surface area contributed by atoms with E-state index in [2.05, 4.69) is 0 Å². The monoisotopic (exact) mass is 299 g/mol. The third kappa shape index (κ3) is 4.56. The lowest BCUT2D eigenvalue weighted by atomic mass is 10.3. The summed E-state index contributed by atoms with van der Waals surface area (Å²) in [5, 5.41) is 6.92. The zero-order chi connectivity index (χ0) is 14.8. The van der Waals surface area contributed by atoms with E-state index in [1.165, 1.54) is 11.6 Å². The fraction of sp³-hybridized carbons (Fsp3) is 0.444. The fourth-order valence-corrected chi connectivity index (χ4v) is 1.90. The second kappa shape index (κ2) is 5.21. The Hall–Kier alpha value is -1.55. The Kier molecular flexibility index (Phi) is 4.25. The van der Waals surface area contributed by atoms with Crippen LogP contribution >= 0.6 is 0 Å². The quantitative estimate of drug-likeness (QED) is 0.840. The van der Waals surface area contributed by atoms with Gasteiger partial charge in [0.25, 0.3) is 5.91 Å². The fourth-order valence-electron chi connectivity index (χ4n) is 1.32. The van der Waals surface area contributed by atoms with E-state index in [0.717, 1.165) is 12.3 Å². The van der Waals surface area contributed by atoms with Gasteiger partial charge in [0.1, 0.15) is 10.6 Å². The Labute approximate surface area is 107 Å². The zero-order valence-corrected chi connectivity index (χ0v) is 10.7. The number of nitrogens with one attached hydrogen (secondary N) is 1. The molecule has 3 N–H and O–H groups in total. The average Bonchev–Trinajstić information content (AvgIpc) is 2.57. The van der Waals surface area contributed by atoms with Crippen molar-refractivity contribution in [3.8, 4) is 0 Å². The molecule has 0 bridgehead atoms. The SMILES string of the molecule is Cn1cc(S(N)(=O)=O)cc1C(=O)NCCC(F)(F)F. The number of primary sulfonamides is 1. The van der Waals surface area contributed by atoms with E-state index in [1.54, 1.807) is 0 Å². The van der Waals surface area contributed by atoms with Gasteiger partial charge in [0.15, 0.2) is 0 Å². The van der Waals surface area contributed by atoms with Gasteiger partial charge in [0.2, 0.25) is 10.0 Å². The van der Waals surface area contributed by atoms with Gasteiger partial charge in [-0.3, -0.25) is 4.79 Å². The van der Waals surface area contributed by atoms with Crippen LogP contribution in [0.15, 0.2) is 17.2 Å². The molecule has 0 aliphatic heterocycles. The van der Waals surface area contributed by atoms with Crippen LogP contribution in [0.25, 0.3) is 0 Å². The number of rotatable bonds is 4. The largest absolute Gasteiger partial charge is 0.390 e. The molecule has 1 rings (SSSR count). The lowest BCUT2D eigenvalue weighted by Gasteiger charge is -2.08. The number of carbonyl (C=O) groups excluding carboxylic acids is 1. The van der Waals surface area contributed by atoms with Crippen molar-refractivity contribution in [3.05, 3.63) is 18.0 Å². The molecule has 0 unspecified atom stereocenters. The molecule has 0 spiro atoms. The second-order valence-corrected chi connectivity index (χ2v) is 5.40. The van der Waals surface area contributed by atoms with Crippen molar-refractivity contribution in [1.82, 2.24) is 9.88 Å². The molecular formula is C9H12F3N3O3S. The van der Waals surface area contributed by atoms with Gasteiger partial charge in [-0.15, -0.1) is 0 Å². The first-order valence-corrected chi connectivity index (χ1v) is 6.59. The minimum Gasteiger partial charge on any atom is -0.350 e. The van der Waals surface area contributed by atoms with E-state index in [4.69, 9.17) is 5.14 Å². The summed E-state index contributed by atoms with van der Waals surface area (Å²) >= 11 is 0. The average molecular weight is 299 g/mol. The predicted molar refractivity (Wildman–Crippen MR) is 59.8 cm³/mol. The third-order valence-electron chi connectivity index (χ3n) is 2.24. The molecule has 1 aromatic rings. The molecule has 1 amide bonds. The Morgan fingerprint density at radius 3 is 2.47 bits per heavy atom. The van der Waals surface area contributed by atoms with Gasteiger partial charge in [0.05, 0.1) is 6.42 Å². The van der Waals surface area contributed by atoms with E-state index < -0.39 is 35.1 Å². The number of amides is 1. The molecule has 108 valence electrons. The standard InChI is InChI=1S/C9H12F3N3O3S/c1-15-5-6(19(13,17)18)4-7(15)8(16)14-3-2-9(10,11)12/h4-5H,2-3H2,1H3,(H,14,16)(H2,13,17,18). The van der Waals surface area contributed by atoms with Crippen molar-refractivity contribution in [3.63, 3.8) is 0 Å². The summed E-state index contributed by atoms with van der Waals surface area (Å²) in [7, 11) is -2.58. The van der Waals surface area contributed by atoms with Crippen LogP contribution in [0.4, 0.5) is 13.2 Å². The van der Waals surface area contributed by atoms with E-state index >= 15 is 0 Å². The Bertz CT molecular complexity index is 577. The maximum Gasteiger partial charge on any atom is 0.390 e. The lowest BCUT2D eigenvalue weighted by Crippen LogP contribution is -2.29. The number of carbonyl (C=O) groups is 1. The van der Waals surface area contributed by atoms with Gasteiger partial charge in [-0.1, -0.05) is 0 Å². The highest BCUT2D eigenvalue weighted by Crippen LogP contribution is 2.18. The zero-order valence-electron chi connectivity index (χ0n) is 9.86. The normalized spacial score (nSPS) is 12.5. The number of nitrogens with zero attached hydrogens (tertiary/aromatic N) is 1. The van der Waals surface area contributed by atoms with Crippen molar-refractivity contribution >= 4 is 15.9 Å². The minimum atomic E-state index is -4.37. The molecule has 0 aliphatic carbocycles. The Balaban J connectivity index is 2.76. The number of alkyl halides is 3. The molecule has 6 nitrogen and oxygen atoms in total. The summed E-state index contributed by atoms with van der Waals surface area (Å²) in [5.41, 5.74) is -0.0915. The van der Waals surface area contributed by atoms with E-state index in [0.29, 0.717) is 0 Å². The minimum absolute atomic E-state index is 0.0915. The highest BCUT2D eigenvalue weighted by Gasteiger charge is 2.27. The Morgan fingerprint density at radius 2 is 2.05 bits per heavy atom. The maximum atomic E-state index is 11.9. The van der Waals surface area contributed by atoms with Crippen molar-refractivity contribution in [2.24, 2.45) is 12.2 Å². The van der Waals surface area contributed by atoms with Gasteiger partial charge in [-0.05, 0) is 6.07 Å². The summed E-state index contributed by atoms with van der Waals surface area (Å²) in [4.78, 5) is 11.3. The molecule has 1 aromatic heterocycles. The van der Waals surface area contributed by atoms with E-state index in [-0.39, 0.29) is 10.6 Å². The smallest absolute Gasteiger partial charge is 0.350 e. The number of nitrogens with two attached hydrogens (primary N) is 1. The van der Waals surface area contributed by atoms with Crippen LogP contribution in [0.1, 0.15) is 16.9 Å². The number of aromatic nitrogens is 1. The molecule has 0 aromatic carbocycles. The van der Waals surface area contributed by atoms with Crippen LogP contribution < -0.4 is 10.5 Å². The topological polar surface area (TPSA) is 94.2 Å². The number of hydrogen-bond donors (Lipinski definition) is 2. The molecular weight excluding hydrogens is 287 g/mol. The molecule has 10 heteroatoms. The van der Waals surface area contributed by atoms with E-state index in [1.807, 2.05) is 5.32 Å². The van der Waals surface area contributed by atoms with Crippen LogP contribution in [0.5, 0.6) is 0 Å². The van der Waals surface area contributed by atoms with Gasteiger partial charge in [0, 0.05) is 19.8 Å². The molecule has 19 heavy (non-hydrogen) atoms. The first-order chi connectivity index (χ1) is 8.50. The summed E-state index contributed by atoms with van der Waals surface area (Å²) in [5.74, 6) is -0.804. The van der Waals surface area contributed by atoms with Gasteiger partial charge in [-0.2, -0.15) is 13.2 Å². The highest BCUT2D eigenvalue weighted by molar-refractivity contribution is 7.89. The van der Waals surface area contributed by atoms with Gasteiger partial charge in [-0.25, -0.2) is 13.6 Å². The van der Waals surface area contributed by atoms with E-state index in [9.17, 15) is 26.4 Å². The van der Waals surface area contributed by atoms with Crippen LogP contribution in [-0.4, -0.2) is 31.6 Å². The number of hydrogen-bond acceptors (Lipinski definition) is 3. The number of halogens is 3. The number of sulfonamides is 1. The highest BCUT2D eigenvalue weighted by atomic mass is 32.2. The van der Waals surface area contributed by atoms with Gasteiger partial charge >= 0.3 is 6.18 Å². The van der Waals surface area contributed by atoms with Crippen LogP contribution in [0.3, 0.4) is 0 Å². The summed E-state index contributed by atoms with van der Waals surface area (Å²) in [6, 6.07) is 0.998. The second-order valence-electron chi connectivity index (χ2n) is 3.84. The summed E-state index contributed by atoms with van der Waals surface area (Å²) in [6.45, 7) is -0.585. The number of aryl methyl sites for hydroxylation is 1.